The zero-order chi connectivity index (χ0) is 13.1. The number of thiophene rings is 1. The Kier molecular flexibility index (Phi) is 5.33. The quantitative estimate of drug-likeness (QED) is 0.608. The maximum Gasteiger partial charge on any atom is 0.252 e. The van der Waals surface area contributed by atoms with Crippen LogP contribution in [0.25, 0.3) is 0 Å². The Balaban J connectivity index is 2.88. The number of halogens is 1. The molecule has 0 aliphatic rings. The maximum atomic E-state index is 12.1. The van der Waals surface area contributed by atoms with Crippen molar-refractivity contribution in [2.75, 3.05) is 0 Å². The first-order valence-corrected chi connectivity index (χ1v) is 7.68. The minimum Gasteiger partial charge on any atom is -0.391 e. The van der Waals surface area contributed by atoms with Crippen LogP contribution >= 0.6 is 46.1 Å². The molecular weight excluding hydrogens is 367 g/mol. The van der Waals surface area contributed by atoms with Crippen LogP contribution in [-0.4, -0.2) is 16.4 Å². The van der Waals surface area contributed by atoms with Crippen LogP contribution in [0.3, 0.4) is 0 Å². The highest BCUT2D eigenvalue weighted by molar-refractivity contribution is 14.1. The highest BCUT2D eigenvalue weighted by atomic mass is 127. The number of nitrogens with one attached hydrogen (secondary N) is 1. The molecule has 0 aromatic carbocycles. The van der Waals surface area contributed by atoms with Gasteiger partial charge >= 0.3 is 0 Å². The second kappa shape index (κ2) is 6.10. The van der Waals surface area contributed by atoms with Gasteiger partial charge in [0.05, 0.1) is 19.0 Å². The summed E-state index contributed by atoms with van der Waals surface area (Å²) in [6.07, 6.45) is 1.40. The van der Waals surface area contributed by atoms with Gasteiger partial charge in [-0.15, -0.1) is 11.3 Å². The Morgan fingerprint density at radius 2 is 2.18 bits per heavy atom. The van der Waals surface area contributed by atoms with E-state index in [-0.39, 0.29) is 5.91 Å². The number of thiocarbonyl (C=S) groups is 1. The molecule has 0 aliphatic heterocycles. The molecule has 3 N–H and O–H groups in total. The first-order chi connectivity index (χ1) is 7.95. The lowest BCUT2D eigenvalue weighted by Crippen LogP contribution is -2.55. The van der Waals surface area contributed by atoms with Gasteiger partial charge < -0.3 is 11.1 Å². The Hall–Kier alpha value is -0.210. The number of amides is 1. The molecule has 0 saturated carbocycles. The number of hydrogen-bond acceptors (Lipinski definition) is 3. The van der Waals surface area contributed by atoms with Gasteiger partial charge in [0, 0.05) is 5.38 Å². The summed E-state index contributed by atoms with van der Waals surface area (Å²) in [5.74, 6) is -0.110. The summed E-state index contributed by atoms with van der Waals surface area (Å²) in [6, 6.07) is 1.86. The van der Waals surface area contributed by atoms with E-state index in [0.717, 1.165) is 2.88 Å². The predicted molar refractivity (Wildman–Crippen MR) is 84.6 cm³/mol. The molecular formula is C11H15IN2OS2. The van der Waals surface area contributed by atoms with E-state index in [1.165, 1.54) is 0 Å². The van der Waals surface area contributed by atoms with Crippen molar-refractivity contribution in [1.29, 1.82) is 0 Å². The van der Waals surface area contributed by atoms with Crippen LogP contribution in [0.2, 0.25) is 0 Å². The molecule has 1 aromatic heterocycles. The second-order valence-corrected chi connectivity index (χ2v) is 6.99. The minimum atomic E-state index is -0.570. The Morgan fingerprint density at radius 1 is 1.59 bits per heavy atom. The van der Waals surface area contributed by atoms with E-state index in [0.29, 0.717) is 23.4 Å². The van der Waals surface area contributed by atoms with Crippen molar-refractivity contribution in [1.82, 2.24) is 5.32 Å². The van der Waals surface area contributed by atoms with Crippen molar-refractivity contribution in [2.45, 2.75) is 32.2 Å². The summed E-state index contributed by atoms with van der Waals surface area (Å²) < 4.78 is 1.08. The number of nitrogens with two attached hydrogens (primary N) is 1. The van der Waals surface area contributed by atoms with E-state index in [1.54, 1.807) is 11.3 Å². The van der Waals surface area contributed by atoms with E-state index in [4.69, 9.17) is 18.0 Å². The third-order valence-corrected chi connectivity index (χ3v) is 5.04. The van der Waals surface area contributed by atoms with Crippen molar-refractivity contribution in [3.05, 3.63) is 19.9 Å². The number of hydrogen-bond donors (Lipinski definition) is 2. The van der Waals surface area contributed by atoms with E-state index in [1.807, 2.05) is 25.3 Å². The van der Waals surface area contributed by atoms with E-state index >= 15 is 0 Å². The standard InChI is InChI=1S/C11H15IN2OS2/c1-3-11(4-2,10(13)16)14-9(15)7-5-8(12)17-6-7/h5-6H,3-4H2,1-2H3,(H2,13,16)(H,14,15). The van der Waals surface area contributed by atoms with Crippen molar-refractivity contribution >= 4 is 57.0 Å². The Morgan fingerprint density at radius 3 is 2.53 bits per heavy atom. The van der Waals surface area contributed by atoms with Gasteiger partial charge in [0.25, 0.3) is 5.91 Å². The normalized spacial score (nSPS) is 11.2. The van der Waals surface area contributed by atoms with E-state index in [9.17, 15) is 4.79 Å². The second-order valence-electron chi connectivity index (χ2n) is 3.75. The molecule has 1 amide bonds. The summed E-state index contributed by atoms with van der Waals surface area (Å²) in [5, 5.41) is 4.80. The summed E-state index contributed by atoms with van der Waals surface area (Å²) in [5.41, 5.74) is 5.84. The lowest BCUT2D eigenvalue weighted by Gasteiger charge is -2.31. The Bertz CT molecular complexity index is 427. The van der Waals surface area contributed by atoms with Gasteiger partial charge in [0.1, 0.15) is 0 Å². The molecule has 17 heavy (non-hydrogen) atoms. The van der Waals surface area contributed by atoms with Gasteiger partial charge in [-0.3, -0.25) is 4.79 Å². The van der Waals surface area contributed by atoms with Crippen molar-refractivity contribution in [3.8, 4) is 0 Å². The summed E-state index contributed by atoms with van der Waals surface area (Å²) in [4.78, 5) is 12.4. The molecule has 1 rings (SSSR count). The van der Waals surface area contributed by atoms with Crippen LogP contribution in [0.15, 0.2) is 11.4 Å². The van der Waals surface area contributed by atoms with Gasteiger partial charge in [-0.25, -0.2) is 0 Å². The molecule has 0 aliphatic carbocycles. The maximum absolute atomic E-state index is 12.1. The molecule has 0 bridgehead atoms. The molecule has 94 valence electrons. The summed E-state index contributed by atoms with van der Waals surface area (Å²) in [6.45, 7) is 3.95. The molecule has 0 atom stereocenters. The van der Waals surface area contributed by atoms with Gasteiger partial charge in [-0.2, -0.15) is 0 Å². The van der Waals surface area contributed by atoms with Crippen LogP contribution in [-0.2, 0) is 0 Å². The zero-order valence-corrected chi connectivity index (χ0v) is 13.5. The fraction of sp³-hybridized carbons (Fsp3) is 0.455. The fourth-order valence-corrected chi connectivity index (χ4v) is 3.22. The van der Waals surface area contributed by atoms with E-state index < -0.39 is 5.54 Å². The third kappa shape index (κ3) is 3.38. The monoisotopic (exact) mass is 382 g/mol. The number of carbonyl (C=O) groups excluding carboxylic acids is 1. The predicted octanol–water partition coefficient (Wildman–Crippen LogP) is 2.93. The SMILES string of the molecule is CCC(CC)(NC(=O)c1csc(I)c1)C(N)=S. The Labute approximate surface area is 124 Å². The molecule has 3 nitrogen and oxygen atoms in total. The molecule has 0 saturated heterocycles. The van der Waals surface area contributed by atoms with Crippen molar-refractivity contribution in [3.63, 3.8) is 0 Å². The number of rotatable bonds is 5. The molecule has 0 spiro atoms. The minimum absolute atomic E-state index is 0.110. The zero-order valence-electron chi connectivity index (χ0n) is 9.75. The lowest BCUT2D eigenvalue weighted by atomic mass is 9.92. The van der Waals surface area contributed by atoms with Crippen LogP contribution in [0, 0.1) is 2.88 Å². The summed E-state index contributed by atoms with van der Waals surface area (Å²) >= 11 is 8.80. The summed E-state index contributed by atoms with van der Waals surface area (Å²) in [7, 11) is 0. The van der Waals surface area contributed by atoms with Crippen LogP contribution in [0.4, 0.5) is 0 Å². The fourth-order valence-electron chi connectivity index (χ4n) is 1.56. The third-order valence-electron chi connectivity index (χ3n) is 2.86. The van der Waals surface area contributed by atoms with Crippen LogP contribution in [0.1, 0.15) is 37.0 Å². The van der Waals surface area contributed by atoms with E-state index in [2.05, 4.69) is 27.9 Å². The molecule has 6 heteroatoms. The van der Waals surface area contributed by atoms with Crippen LogP contribution in [0.5, 0.6) is 0 Å². The van der Waals surface area contributed by atoms with Gasteiger partial charge in [-0.1, -0.05) is 26.1 Å². The van der Waals surface area contributed by atoms with Gasteiger partial charge in [0.15, 0.2) is 0 Å². The lowest BCUT2D eigenvalue weighted by molar-refractivity contribution is 0.0920. The van der Waals surface area contributed by atoms with Gasteiger partial charge in [-0.05, 0) is 41.5 Å². The van der Waals surface area contributed by atoms with Gasteiger partial charge in [0.2, 0.25) is 0 Å². The van der Waals surface area contributed by atoms with Crippen molar-refractivity contribution in [2.24, 2.45) is 5.73 Å². The highest BCUT2D eigenvalue weighted by Gasteiger charge is 2.31. The first kappa shape index (κ1) is 14.8. The van der Waals surface area contributed by atoms with Crippen LogP contribution < -0.4 is 11.1 Å². The average Bonchev–Trinajstić information content (AvgIpc) is 2.72. The molecule has 0 unspecified atom stereocenters. The average molecular weight is 382 g/mol. The highest BCUT2D eigenvalue weighted by Crippen LogP contribution is 2.20. The van der Waals surface area contributed by atoms with Crippen molar-refractivity contribution < 1.29 is 4.79 Å². The first-order valence-electron chi connectivity index (χ1n) is 5.31. The molecule has 0 fully saturated rings. The molecule has 1 aromatic rings. The molecule has 1 heterocycles. The topological polar surface area (TPSA) is 55.1 Å². The molecule has 0 radical (unpaired) electrons. The number of carbonyl (C=O) groups is 1. The smallest absolute Gasteiger partial charge is 0.252 e. The largest absolute Gasteiger partial charge is 0.391 e.